The summed E-state index contributed by atoms with van der Waals surface area (Å²) in [4.78, 5) is 10.7. The summed E-state index contributed by atoms with van der Waals surface area (Å²) in [7, 11) is 0. The van der Waals surface area contributed by atoms with Crippen LogP contribution in [0.4, 0.5) is 0 Å². The lowest BCUT2D eigenvalue weighted by atomic mass is 10.3. The second-order valence-electron chi connectivity index (χ2n) is 1.93. The van der Waals surface area contributed by atoms with E-state index in [1.807, 2.05) is 0 Å². The van der Waals surface area contributed by atoms with Crippen LogP contribution in [-0.2, 0) is 4.79 Å². The van der Waals surface area contributed by atoms with Crippen LogP contribution in [-0.4, -0.2) is 17.2 Å². The zero-order chi connectivity index (χ0) is 8.15. The van der Waals surface area contributed by atoms with E-state index in [0.717, 1.165) is 0 Å². The van der Waals surface area contributed by atoms with Crippen molar-refractivity contribution < 1.29 is 9.90 Å². The summed E-state index contributed by atoms with van der Waals surface area (Å²) in [5.41, 5.74) is 0.362. The molecule has 3 nitrogen and oxygen atoms in total. The molecule has 0 radical (unpaired) electrons. The van der Waals surface area contributed by atoms with E-state index in [1.165, 1.54) is 6.08 Å². The van der Waals surface area contributed by atoms with Crippen LogP contribution in [0.2, 0.25) is 0 Å². The van der Waals surface area contributed by atoms with E-state index in [-0.39, 0.29) is 5.91 Å². The molecule has 0 rings (SSSR count). The number of aliphatic hydroxyl groups excluding tert-OH is 1. The number of hydrogen-bond donors (Lipinski definition) is 2. The Morgan fingerprint density at radius 1 is 1.80 bits per heavy atom. The van der Waals surface area contributed by atoms with Crippen molar-refractivity contribution in [3.63, 3.8) is 0 Å². The van der Waals surface area contributed by atoms with Gasteiger partial charge in [-0.3, -0.25) is 4.79 Å². The highest BCUT2D eigenvalue weighted by Crippen LogP contribution is 1.87. The molecule has 0 bridgehead atoms. The lowest BCUT2D eigenvalue weighted by molar-refractivity contribution is -0.119. The molecule has 0 heterocycles. The van der Waals surface area contributed by atoms with Gasteiger partial charge in [0.2, 0.25) is 5.91 Å². The van der Waals surface area contributed by atoms with E-state index >= 15 is 0 Å². The highest BCUT2D eigenvalue weighted by Gasteiger charge is 2.03. The molecule has 2 N–H and O–H groups in total. The lowest BCUT2D eigenvalue weighted by Gasteiger charge is -2.06. The summed E-state index contributed by atoms with van der Waals surface area (Å²) in [5.74, 6) is -0.368. The van der Waals surface area contributed by atoms with Crippen LogP contribution in [0, 0.1) is 0 Å². The van der Waals surface area contributed by atoms with Crippen LogP contribution < -0.4 is 5.32 Å². The first kappa shape index (κ1) is 8.91. The van der Waals surface area contributed by atoms with E-state index in [9.17, 15) is 4.79 Å². The maximum atomic E-state index is 10.7. The molecule has 0 saturated heterocycles. The summed E-state index contributed by atoms with van der Waals surface area (Å²) in [5, 5.41) is 11.0. The van der Waals surface area contributed by atoms with Crippen molar-refractivity contribution in [2.45, 2.75) is 13.2 Å². The molecule has 0 fully saturated rings. The standard InChI is InChI=1S/C7H11NO2/c1-4-6(9)8-7(10)5(2)3/h4,6,9H,1-2H2,3H3,(H,8,10). The molecule has 0 aliphatic carbocycles. The van der Waals surface area contributed by atoms with Crippen molar-refractivity contribution in [2.75, 3.05) is 0 Å². The zero-order valence-electron chi connectivity index (χ0n) is 5.92. The largest absolute Gasteiger partial charge is 0.370 e. The van der Waals surface area contributed by atoms with Gasteiger partial charge in [-0.15, -0.1) is 0 Å². The van der Waals surface area contributed by atoms with Crippen molar-refractivity contribution in [1.29, 1.82) is 0 Å². The number of hydrogen-bond acceptors (Lipinski definition) is 2. The summed E-state index contributed by atoms with van der Waals surface area (Å²) < 4.78 is 0. The fraction of sp³-hybridized carbons (Fsp3) is 0.286. The minimum Gasteiger partial charge on any atom is -0.370 e. The molecule has 1 unspecified atom stereocenters. The molecule has 3 heteroatoms. The summed E-state index contributed by atoms with van der Waals surface area (Å²) in [6.45, 7) is 8.22. The highest BCUT2D eigenvalue weighted by molar-refractivity contribution is 5.92. The van der Waals surface area contributed by atoms with Gasteiger partial charge < -0.3 is 10.4 Å². The minimum absolute atomic E-state index is 0.362. The normalized spacial score (nSPS) is 11.8. The predicted octanol–water partition coefficient (Wildman–Crippen LogP) is 0.183. The van der Waals surface area contributed by atoms with E-state index in [1.54, 1.807) is 6.92 Å². The molecule has 0 aromatic rings. The minimum atomic E-state index is -0.982. The number of carbonyl (C=O) groups excluding carboxylic acids is 1. The fourth-order valence-electron chi connectivity index (χ4n) is 0.316. The Bertz CT molecular complexity index is 163. The maximum absolute atomic E-state index is 10.7. The number of amides is 1. The average molecular weight is 141 g/mol. The van der Waals surface area contributed by atoms with Crippen LogP contribution in [0.25, 0.3) is 0 Å². The van der Waals surface area contributed by atoms with Gasteiger partial charge in [-0.05, 0) is 13.0 Å². The Hall–Kier alpha value is -1.09. The molecule has 56 valence electrons. The van der Waals surface area contributed by atoms with Gasteiger partial charge >= 0.3 is 0 Å². The summed E-state index contributed by atoms with van der Waals surface area (Å²) in [6.07, 6.45) is 0.241. The average Bonchev–Trinajstić information content (AvgIpc) is 1.87. The first-order valence-corrected chi connectivity index (χ1v) is 2.85. The van der Waals surface area contributed by atoms with E-state index in [4.69, 9.17) is 5.11 Å². The Morgan fingerprint density at radius 3 is 2.60 bits per heavy atom. The van der Waals surface area contributed by atoms with E-state index in [2.05, 4.69) is 18.5 Å². The monoisotopic (exact) mass is 141 g/mol. The van der Waals surface area contributed by atoms with Crippen molar-refractivity contribution in [3.05, 3.63) is 24.8 Å². The Morgan fingerprint density at radius 2 is 2.30 bits per heavy atom. The van der Waals surface area contributed by atoms with Crippen molar-refractivity contribution in [2.24, 2.45) is 0 Å². The Kier molecular flexibility index (Phi) is 3.43. The van der Waals surface area contributed by atoms with Crippen molar-refractivity contribution >= 4 is 5.91 Å². The molecule has 0 saturated carbocycles. The van der Waals surface area contributed by atoms with Crippen LogP contribution >= 0.6 is 0 Å². The number of nitrogens with one attached hydrogen (secondary N) is 1. The van der Waals surface area contributed by atoms with E-state index < -0.39 is 6.23 Å². The lowest BCUT2D eigenvalue weighted by Crippen LogP contribution is -2.33. The number of carbonyl (C=O) groups is 1. The van der Waals surface area contributed by atoms with Gasteiger partial charge in [-0.1, -0.05) is 13.2 Å². The molecule has 10 heavy (non-hydrogen) atoms. The molecule has 0 aliphatic rings. The smallest absolute Gasteiger partial charge is 0.248 e. The van der Waals surface area contributed by atoms with Crippen LogP contribution in [0.5, 0.6) is 0 Å². The maximum Gasteiger partial charge on any atom is 0.248 e. The quantitative estimate of drug-likeness (QED) is 0.334. The second kappa shape index (κ2) is 3.85. The zero-order valence-corrected chi connectivity index (χ0v) is 5.92. The van der Waals surface area contributed by atoms with Crippen molar-refractivity contribution in [1.82, 2.24) is 5.32 Å². The summed E-state index contributed by atoms with van der Waals surface area (Å²) in [6, 6.07) is 0. The second-order valence-corrected chi connectivity index (χ2v) is 1.93. The third kappa shape index (κ3) is 3.04. The first-order chi connectivity index (χ1) is 4.57. The predicted molar refractivity (Wildman–Crippen MR) is 39.2 cm³/mol. The molecular weight excluding hydrogens is 130 g/mol. The van der Waals surface area contributed by atoms with Crippen LogP contribution in [0.1, 0.15) is 6.92 Å². The molecule has 1 amide bonds. The third-order valence-electron chi connectivity index (χ3n) is 0.890. The Balaban J connectivity index is 3.79. The van der Waals surface area contributed by atoms with Gasteiger partial charge in [0, 0.05) is 5.57 Å². The van der Waals surface area contributed by atoms with Gasteiger partial charge in [0.05, 0.1) is 0 Å². The van der Waals surface area contributed by atoms with Crippen molar-refractivity contribution in [3.8, 4) is 0 Å². The van der Waals surface area contributed by atoms with E-state index in [0.29, 0.717) is 5.57 Å². The fourth-order valence-corrected chi connectivity index (χ4v) is 0.316. The van der Waals surface area contributed by atoms with Gasteiger partial charge in [0.25, 0.3) is 0 Å². The molecule has 0 aromatic heterocycles. The number of rotatable bonds is 3. The van der Waals surface area contributed by atoms with Gasteiger partial charge in [-0.2, -0.15) is 0 Å². The molecular formula is C7H11NO2. The van der Waals surface area contributed by atoms with Crippen LogP contribution in [0.15, 0.2) is 24.8 Å². The molecule has 1 atom stereocenters. The van der Waals surface area contributed by atoms with Gasteiger partial charge in [0.1, 0.15) is 6.23 Å². The number of aliphatic hydroxyl groups is 1. The highest BCUT2D eigenvalue weighted by atomic mass is 16.3. The SMILES string of the molecule is C=CC(O)NC(=O)C(=C)C. The molecule has 0 spiro atoms. The first-order valence-electron chi connectivity index (χ1n) is 2.85. The topological polar surface area (TPSA) is 49.3 Å². The Labute approximate surface area is 60.1 Å². The molecule has 0 aromatic carbocycles. The molecule has 0 aliphatic heterocycles. The van der Waals surface area contributed by atoms with Gasteiger partial charge in [0.15, 0.2) is 0 Å². The third-order valence-corrected chi connectivity index (χ3v) is 0.890. The summed E-state index contributed by atoms with van der Waals surface area (Å²) >= 11 is 0. The van der Waals surface area contributed by atoms with Crippen LogP contribution in [0.3, 0.4) is 0 Å². The van der Waals surface area contributed by atoms with Gasteiger partial charge in [-0.25, -0.2) is 0 Å².